The summed E-state index contributed by atoms with van der Waals surface area (Å²) in [5.74, 6) is -0.00387. The van der Waals surface area contributed by atoms with Crippen LogP contribution in [0.3, 0.4) is 0 Å². The molecule has 1 aliphatic rings. The van der Waals surface area contributed by atoms with Crippen molar-refractivity contribution in [1.29, 1.82) is 0 Å². The van der Waals surface area contributed by atoms with E-state index in [0.29, 0.717) is 11.6 Å². The molecule has 0 N–H and O–H groups in total. The number of halogens is 1. The van der Waals surface area contributed by atoms with E-state index in [0.717, 1.165) is 19.4 Å². The fourth-order valence-electron chi connectivity index (χ4n) is 2.32. The highest BCUT2D eigenvalue weighted by atomic mass is 35.5. The Morgan fingerprint density at radius 2 is 2.23 bits per heavy atom. The first-order valence-corrected chi connectivity index (χ1v) is 7.33. The van der Waals surface area contributed by atoms with Crippen molar-refractivity contribution < 1.29 is 9.53 Å². The number of hydrogen-bond donors (Lipinski definition) is 0. The maximum atomic E-state index is 12.2. The third-order valence-corrected chi connectivity index (χ3v) is 3.56. The van der Waals surface area contributed by atoms with Crippen LogP contribution in [0, 0.1) is 0 Å². The third kappa shape index (κ3) is 3.70. The van der Waals surface area contributed by atoms with E-state index in [2.05, 4.69) is 20.1 Å². The van der Waals surface area contributed by atoms with E-state index in [1.807, 2.05) is 0 Å². The second-order valence-corrected chi connectivity index (χ2v) is 5.44. The van der Waals surface area contributed by atoms with Gasteiger partial charge in [-0.2, -0.15) is 5.10 Å². The monoisotopic (exact) mass is 322 g/mol. The fraction of sp³-hybridized carbons (Fsp3) is 0.462. The van der Waals surface area contributed by atoms with Crippen LogP contribution in [0.25, 0.3) is 0 Å². The zero-order valence-electron chi connectivity index (χ0n) is 11.8. The fourth-order valence-corrected chi connectivity index (χ4v) is 2.42. The zero-order chi connectivity index (χ0) is 15.4. The summed E-state index contributed by atoms with van der Waals surface area (Å²) in [5.41, 5.74) is 0. The zero-order valence-corrected chi connectivity index (χ0v) is 12.6. The van der Waals surface area contributed by atoms with Gasteiger partial charge in [-0.1, -0.05) is 11.6 Å². The molecule has 0 radical (unpaired) electrons. The number of carbonyl (C=O) groups is 1. The topological polar surface area (TPSA) is 86.0 Å². The van der Waals surface area contributed by atoms with E-state index < -0.39 is 0 Å². The maximum Gasteiger partial charge on any atom is 0.316 e. The molecule has 1 atom stereocenters. The van der Waals surface area contributed by atoms with Crippen LogP contribution in [0.4, 0.5) is 0 Å². The Hall–Kier alpha value is -2.22. The number of rotatable bonds is 4. The average molecular weight is 323 g/mol. The van der Waals surface area contributed by atoms with Crippen LogP contribution in [0.5, 0.6) is 6.01 Å². The average Bonchev–Trinajstić information content (AvgIpc) is 3.03. The molecule has 22 heavy (non-hydrogen) atoms. The van der Waals surface area contributed by atoms with E-state index in [9.17, 15) is 4.79 Å². The minimum atomic E-state index is -0.116. The van der Waals surface area contributed by atoms with Crippen LogP contribution in [0.15, 0.2) is 25.0 Å². The molecule has 8 nitrogen and oxygen atoms in total. The standard InChI is InChI=1S/C13H15ClN6O2/c14-10-4-16-13(17-5-10)22-11-2-1-3-19(6-11)12(21)7-20-9-15-8-18-20/h4-5,8-9,11H,1-3,6-7H2. The number of aromatic nitrogens is 5. The quantitative estimate of drug-likeness (QED) is 0.827. The molecule has 1 saturated heterocycles. The predicted molar refractivity (Wildman–Crippen MR) is 77.3 cm³/mol. The number of amides is 1. The Kier molecular flexibility index (Phi) is 4.47. The number of nitrogens with zero attached hydrogens (tertiary/aromatic N) is 6. The van der Waals surface area contributed by atoms with Crippen molar-refractivity contribution in [3.05, 3.63) is 30.1 Å². The van der Waals surface area contributed by atoms with Gasteiger partial charge in [0.25, 0.3) is 0 Å². The molecule has 3 rings (SSSR count). The Labute approximate surface area is 132 Å². The first-order valence-electron chi connectivity index (χ1n) is 6.95. The Balaban J connectivity index is 1.56. The molecule has 0 aliphatic carbocycles. The Morgan fingerprint density at radius 1 is 1.41 bits per heavy atom. The molecule has 116 valence electrons. The lowest BCUT2D eigenvalue weighted by atomic mass is 10.1. The Morgan fingerprint density at radius 3 is 2.95 bits per heavy atom. The molecule has 2 aromatic heterocycles. The SMILES string of the molecule is O=C(Cn1cncn1)N1CCCC(Oc2ncc(Cl)cn2)C1. The second kappa shape index (κ2) is 6.69. The predicted octanol–water partition coefficient (Wildman–Crippen LogP) is 0.791. The lowest BCUT2D eigenvalue weighted by Crippen LogP contribution is -2.45. The lowest BCUT2D eigenvalue weighted by molar-refractivity contribution is -0.134. The summed E-state index contributed by atoms with van der Waals surface area (Å²) in [7, 11) is 0. The highest BCUT2D eigenvalue weighted by molar-refractivity contribution is 6.30. The van der Waals surface area contributed by atoms with Gasteiger partial charge in [0, 0.05) is 6.54 Å². The molecule has 9 heteroatoms. The second-order valence-electron chi connectivity index (χ2n) is 5.00. The number of carbonyl (C=O) groups excluding carboxylic acids is 1. The summed E-state index contributed by atoms with van der Waals surface area (Å²) < 4.78 is 7.23. The van der Waals surface area contributed by atoms with Gasteiger partial charge in [-0.25, -0.2) is 19.6 Å². The van der Waals surface area contributed by atoms with Gasteiger partial charge in [0.05, 0.1) is 24.0 Å². The smallest absolute Gasteiger partial charge is 0.316 e. The van der Waals surface area contributed by atoms with Crippen molar-refractivity contribution in [1.82, 2.24) is 29.6 Å². The van der Waals surface area contributed by atoms with Crippen molar-refractivity contribution in [2.45, 2.75) is 25.5 Å². The number of ether oxygens (including phenoxy) is 1. The molecular weight excluding hydrogens is 308 g/mol. The highest BCUT2D eigenvalue weighted by Crippen LogP contribution is 2.16. The van der Waals surface area contributed by atoms with Gasteiger partial charge in [0.2, 0.25) is 5.91 Å². The third-order valence-electron chi connectivity index (χ3n) is 3.36. The number of piperidine rings is 1. The molecule has 2 aromatic rings. The number of likely N-dealkylation sites (tertiary alicyclic amines) is 1. The van der Waals surface area contributed by atoms with E-state index >= 15 is 0 Å². The van der Waals surface area contributed by atoms with Crippen LogP contribution in [0.2, 0.25) is 5.02 Å². The summed E-state index contributed by atoms with van der Waals surface area (Å²) in [6.45, 7) is 1.42. The lowest BCUT2D eigenvalue weighted by Gasteiger charge is -2.32. The summed E-state index contributed by atoms with van der Waals surface area (Å²) in [5, 5.41) is 4.40. The Bertz CT molecular complexity index is 618. The largest absolute Gasteiger partial charge is 0.458 e. The molecular formula is C13H15ClN6O2. The molecule has 1 unspecified atom stereocenters. The van der Waals surface area contributed by atoms with Crippen LogP contribution in [0.1, 0.15) is 12.8 Å². The first kappa shape index (κ1) is 14.7. The van der Waals surface area contributed by atoms with E-state index in [-0.39, 0.29) is 24.6 Å². The van der Waals surface area contributed by atoms with E-state index in [4.69, 9.17) is 16.3 Å². The van der Waals surface area contributed by atoms with Crippen LogP contribution in [-0.4, -0.2) is 54.7 Å². The summed E-state index contributed by atoms with van der Waals surface area (Å²) in [4.78, 5) is 25.9. The van der Waals surface area contributed by atoms with Crippen molar-refractivity contribution >= 4 is 17.5 Å². The van der Waals surface area contributed by atoms with Gasteiger partial charge < -0.3 is 9.64 Å². The molecule has 3 heterocycles. The molecule has 0 bridgehead atoms. The van der Waals surface area contributed by atoms with E-state index in [1.165, 1.54) is 29.7 Å². The van der Waals surface area contributed by atoms with Gasteiger partial charge in [0.15, 0.2) is 0 Å². The highest BCUT2D eigenvalue weighted by Gasteiger charge is 2.25. The van der Waals surface area contributed by atoms with Crippen molar-refractivity contribution in [2.24, 2.45) is 0 Å². The first-order chi connectivity index (χ1) is 10.7. The van der Waals surface area contributed by atoms with Crippen LogP contribution >= 0.6 is 11.6 Å². The molecule has 1 amide bonds. The van der Waals surface area contributed by atoms with Crippen molar-refractivity contribution in [3.8, 4) is 6.01 Å². The summed E-state index contributed by atoms with van der Waals surface area (Å²) in [6.07, 6.45) is 7.53. The van der Waals surface area contributed by atoms with Gasteiger partial charge >= 0.3 is 6.01 Å². The van der Waals surface area contributed by atoms with Crippen LogP contribution < -0.4 is 4.74 Å². The molecule has 1 aliphatic heterocycles. The summed E-state index contributed by atoms with van der Waals surface area (Å²) in [6, 6.07) is 0.278. The molecule has 0 spiro atoms. The van der Waals surface area contributed by atoms with Gasteiger partial charge in [0.1, 0.15) is 25.3 Å². The minimum absolute atomic E-state index is 0.00387. The minimum Gasteiger partial charge on any atom is -0.458 e. The number of hydrogen-bond acceptors (Lipinski definition) is 6. The van der Waals surface area contributed by atoms with Gasteiger partial charge in [-0.15, -0.1) is 0 Å². The van der Waals surface area contributed by atoms with Gasteiger partial charge in [-0.3, -0.25) is 4.79 Å². The molecule has 0 aromatic carbocycles. The molecule has 1 fully saturated rings. The molecule has 0 saturated carbocycles. The van der Waals surface area contributed by atoms with E-state index in [1.54, 1.807) is 4.90 Å². The van der Waals surface area contributed by atoms with Crippen LogP contribution in [-0.2, 0) is 11.3 Å². The van der Waals surface area contributed by atoms with Crippen molar-refractivity contribution in [2.75, 3.05) is 13.1 Å². The summed E-state index contributed by atoms with van der Waals surface area (Å²) >= 11 is 5.74. The maximum absolute atomic E-state index is 12.2. The van der Waals surface area contributed by atoms with Gasteiger partial charge in [-0.05, 0) is 12.8 Å². The normalized spacial score (nSPS) is 18.2. The van der Waals surface area contributed by atoms with Crippen molar-refractivity contribution in [3.63, 3.8) is 0 Å².